The summed E-state index contributed by atoms with van der Waals surface area (Å²) in [5.41, 5.74) is 2.68. The highest BCUT2D eigenvalue weighted by atomic mass is 79.9. The second kappa shape index (κ2) is 7.60. The molecule has 0 amide bonds. The Balaban J connectivity index is 2.22. The molecule has 0 bridgehead atoms. The van der Waals surface area contributed by atoms with E-state index < -0.39 is 0 Å². The van der Waals surface area contributed by atoms with Crippen LogP contribution in [0, 0.1) is 6.92 Å². The third-order valence-electron chi connectivity index (χ3n) is 3.28. The van der Waals surface area contributed by atoms with E-state index >= 15 is 0 Å². The first-order chi connectivity index (χ1) is 9.60. The van der Waals surface area contributed by atoms with E-state index in [1.54, 1.807) is 11.3 Å². The summed E-state index contributed by atoms with van der Waals surface area (Å²) in [7, 11) is 0. The first-order valence-electron chi connectivity index (χ1n) is 6.83. The van der Waals surface area contributed by atoms with Gasteiger partial charge in [-0.2, -0.15) is 0 Å². The maximum absolute atomic E-state index is 6.04. The topological polar surface area (TPSA) is 12.0 Å². The minimum absolute atomic E-state index is 0.345. The van der Waals surface area contributed by atoms with Crippen LogP contribution < -0.4 is 5.32 Å². The predicted octanol–water partition coefficient (Wildman–Crippen LogP) is 5.76. The normalized spacial score (nSPS) is 12.6. The van der Waals surface area contributed by atoms with Crippen molar-refractivity contribution in [3.8, 4) is 0 Å². The Morgan fingerprint density at radius 2 is 2.10 bits per heavy atom. The summed E-state index contributed by atoms with van der Waals surface area (Å²) in [6, 6.07) is 11.0. The van der Waals surface area contributed by atoms with Crippen molar-refractivity contribution in [3.63, 3.8) is 0 Å². The van der Waals surface area contributed by atoms with Crippen molar-refractivity contribution in [2.75, 3.05) is 6.54 Å². The van der Waals surface area contributed by atoms with Gasteiger partial charge in [-0.1, -0.05) is 40.5 Å². The van der Waals surface area contributed by atoms with Crippen LogP contribution in [0.2, 0.25) is 4.34 Å². The zero-order chi connectivity index (χ0) is 14.5. The molecule has 1 atom stereocenters. The van der Waals surface area contributed by atoms with Crippen LogP contribution in [-0.2, 0) is 6.42 Å². The summed E-state index contributed by atoms with van der Waals surface area (Å²) in [5.74, 6) is 0. The van der Waals surface area contributed by atoms with Gasteiger partial charge < -0.3 is 5.32 Å². The highest BCUT2D eigenvalue weighted by Gasteiger charge is 2.15. The molecule has 2 rings (SSSR count). The van der Waals surface area contributed by atoms with Crippen LogP contribution in [0.3, 0.4) is 0 Å². The molecule has 0 spiro atoms. The van der Waals surface area contributed by atoms with Gasteiger partial charge in [0.2, 0.25) is 0 Å². The van der Waals surface area contributed by atoms with Gasteiger partial charge in [-0.25, -0.2) is 0 Å². The minimum Gasteiger partial charge on any atom is -0.310 e. The van der Waals surface area contributed by atoms with Gasteiger partial charge in [0.25, 0.3) is 0 Å². The van der Waals surface area contributed by atoms with E-state index in [2.05, 4.69) is 59.4 Å². The molecule has 20 heavy (non-hydrogen) atoms. The van der Waals surface area contributed by atoms with Crippen molar-refractivity contribution < 1.29 is 0 Å². The maximum Gasteiger partial charge on any atom is 0.0931 e. The molecular formula is C16H19BrClNS. The Labute approximate surface area is 138 Å². The molecule has 1 aromatic heterocycles. The van der Waals surface area contributed by atoms with Crippen molar-refractivity contribution in [3.05, 3.63) is 55.1 Å². The molecule has 0 saturated carbocycles. The first-order valence-corrected chi connectivity index (χ1v) is 8.82. The van der Waals surface area contributed by atoms with Gasteiger partial charge in [0, 0.05) is 21.8 Å². The van der Waals surface area contributed by atoms with Crippen molar-refractivity contribution in [1.82, 2.24) is 5.32 Å². The number of hydrogen-bond donors (Lipinski definition) is 1. The van der Waals surface area contributed by atoms with Crippen LogP contribution in [-0.4, -0.2) is 6.54 Å². The Hall–Kier alpha value is -0.350. The van der Waals surface area contributed by atoms with E-state index in [9.17, 15) is 0 Å². The number of hydrogen-bond acceptors (Lipinski definition) is 2. The molecule has 0 aliphatic heterocycles. The monoisotopic (exact) mass is 371 g/mol. The quantitative estimate of drug-likeness (QED) is 0.680. The number of rotatable bonds is 6. The fourth-order valence-corrected chi connectivity index (χ4v) is 3.91. The SMILES string of the molecule is CCCNC(Cc1ccc(Cl)s1)c1ccc(Br)cc1C. The van der Waals surface area contributed by atoms with Gasteiger partial charge in [-0.15, -0.1) is 11.3 Å². The second-order valence-corrected chi connectivity index (χ2v) is 7.63. The van der Waals surface area contributed by atoms with E-state index in [0.29, 0.717) is 6.04 Å². The van der Waals surface area contributed by atoms with Gasteiger partial charge in [-0.05, 0) is 55.3 Å². The highest BCUT2D eigenvalue weighted by Crippen LogP contribution is 2.29. The molecule has 108 valence electrons. The Bertz CT molecular complexity index is 567. The fourth-order valence-electron chi connectivity index (χ4n) is 2.30. The summed E-state index contributed by atoms with van der Waals surface area (Å²) in [6.07, 6.45) is 2.12. The number of aryl methyl sites for hydroxylation is 1. The minimum atomic E-state index is 0.345. The number of thiophene rings is 1. The third-order valence-corrected chi connectivity index (χ3v) is 5.03. The molecule has 1 heterocycles. The van der Waals surface area contributed by atoms with Gasteiger partial charge in [-0.3, -0.25) is 0 Å². The van der Waals surface area contributed by atoms with Gasteiger partial charge in [0.15, 0.2) is 0 Å². The van der Waals surface area contributed by atoms with Crippen LogP contribution in [0.5, 0.6) is 0 Å². The largest absolute Gasteiger partial charge is 0.310 e. The van der Waals surface area contributed by atoms with Crippen LogP contribution in [0.25, 0.3) is 0 Å². The molecule has 4 heteroatoms. The highest BCUT2D eigenvalue weighted by molar-refractivity contribution is 9.10. The Kier molecular flexibility index (Phi) is 6.09. The first kappa shape index (κ1) is 16.0. The van der Waals surface area contributed by atoms with Crippen molar-refractivity contribution in [2.45, 2.75) is 32.7 Å². The molecule has 1 N–H and O–H groups in total. The number of benzene rings is 1. The summed E-state index contributed by atoms with van der Waals surface area (Å²) in [4.78, 5) is 1.32. The van der Waals surface area contributed by atoms with E-state index in [-0.39, 0.29) is 0 Å². The van der Waals surface area contributed by atoms with Crippen LogP contribution in [0.1, 0.15) is 35.4 Å². The smallest absolute Gasteiger partial charge is 0.0931 e. The predicted molar refractivity (Wildman–Crippen MR) is 92.9 cm³/mol. The Morgan fingerprint density at radius 1 is 1.30 bits per heavy atom. The summed E-state index contributed by atoms with van der Waals surface area (Å²) in [5, 5.41) is 3.65. The van der Waals surface area contributed by atoms with Crippen molar-refractivity contribution in [1.29, 1.82) is 0 Å². The van der Waals surface area contributed by atoms with Crippen LogP contribution in [0.4, 0.5) is 0 Å². The van der Waals surface area contributed by atoms with Crippen molar-refractivity contribution >= 4 is 38.9 Å². The van der Waals surface area contributed by atoms with E-state index in [0.717, 1.165) is 28.2 Å². The van der Waals surface area contributed by atoms with Crippen LogP contribution >= 0.6 is 38.9 Å². The zero-order valence-corrected chi connectivity index (χ0v) is 14.9. The molecule has 0 saturated heterocycles. The third kappa shape index (κ3) is 4.32. The standard InChI is InChI=1S/C16H19BrClNS/c1-3-8-19-15(10-13-5-7-16(18)20-13)14-6-4-12(17)9-11(14)2/h4-7,9,15,19H,3,8,10H2,1-2H3. The van der Waals surface area contributed by atoms with Gasteiger partial charge in [0.1, 0.15) is 0 Å². The number of nitrogens with one attached hydrogen (secondary N) is 1. The zero-order valence-electron chi connectivity index (χ0n) is 11.7. The van der Waals surface area contributed by atoms with Crippen molar-refractivity contribution in [2.24, 2.45) is 0 Å². The lowest BCUT2D eigenvalue weighted by Gasteiger charge is -2.20. The maximum atomic E-state index is 6.04. The average Bonchev–Trinajstić information content (AvgIpc) is 2.80. The molecule has 1 unspecified atom stereocenters. The lowest BCUT2D eigenvalue weighted by molar-refractivity contribution is 0.530. The van der Waals surface area contributed by atoms with Gasteiger partial charge in [0.05, 0.1) is 4.34 Å². The lowest BCUT2D eigenvalue weighted by atomic mass is 9.98. The number of halogens is 2. The molecule has 0 radical (unpaired) electrons. The van der Waals surface area contributed by atoms with E-state index in [1.807, 2.05) is 6.07 Å². The Morgan fingerprint density at radius 3 is 2.70 bits per heavy atom. The molecule has 0 fully saturated rings. The summed E-state index contributed by atoms with van der Waals surface area (Å²) >= 11 is 11.2. The average molecular weight is 373 g/mol. The van der Waals surface area contributed by atoms with Crippen LogP contribution in [0.15, 0.2) is 34.8 Å². The summed E-state index contributed by atoms with van der Waals surface area (Å²) < 4.78 is 1.99. The van der Waals surface area contributed by atoms with Gasteiger partial charge >= 0.3 is 0 Å². The molecule has 0 aliphatic carbocycles. The molecule has 0 aliphatic rings. The van der Waals surface area contributed by atoms with E-state index in [4.69, 9.17) is 11.6 Å². The molecular weight excluding hydrogens is 354 g/mol. The fraction of sp³-hybridized carbons (Fsp3) is 0.375. The second-order valence-electron chi connectivity index (χ2n) is 4.92. The summed E-state index contributed by atoms with van der Waals surface area (Å²) in [6.45, 7) is 5.39. The molecule has 1 nitrogen and oxygen atoms in total. The molecule has 2 aromatic rings. The lowest BCUT2D eigenvalue weighted by Crippen LogP contribution is -2.24. The van der Waals surface area contributed by atoms with E-state index in [1.165, 1.54) is 16.0 Å². The molecule has 1 aromatic carbocycles.